The van der Waals surface area contributed by atoms with E-state index in [1.165, 1.54) is 0 Å². The highest BCUT2D eigenvalue weighted by Crippen LogP contribution is 2.19. The Morgan fingerprint density at radius 1 is 1.22 bits per heavy atom. The van der Waals surface area contributed by atoms with Gasteiger partial charge in [-0.3, -0.25) is 14.4 Å². The van der Waals surface area contributed by atoms with Gasteiger partial charge >= 0.3 is 0 Å². The minimum Gasteiger partial charge on any atom is -0.497 e. The number of ether oxygens (including phenoxy) is 1. The Hall–Kier alpha value is -2.57. The summed E-state index contributed by atoms with van der Waals surface area (Å²) in [7, 11) is 1.57. The van der Waals surface area contributed by atoms with Crippen molar-refractivity contribution in [3.63, 3.8) is 0 Å². The normalized spacial score (nSPS) is 24.1. The molecular formula is C16H19N3O4. The molecule has 7 nitrogen and oxygen atoms in total. The minimum absolute atomic E-state index is 0.0915. The van der Waals surface area contributed by atoms with E-state index in [2.05, 4.69) is 5.32 Å². The van der Waals surface area contributed by atoms with Crippen LogP contribution in [0.5, 0.6) is 5.75 Å². The fourth-order valence-corrected chi connectivity index (χ4v) is 2.99. The molecule has 0 spiro atoms. The molecule has 1 aromatic rings. The summed E-state index contributed by atoms with van der Waals surface area (Å²) in [5.41, 5.74) is 0.537. The maximum atomic E-state index is 12.6. The zero-order valence-electron chi connectivity index (χ0n) is 13.1. The van der Waals surface area contributed by atoms with Gasteiger partial charge in [-0.1, -0.05) is 0 Å². The van der Waals surface area contributed by atoms with Gasteiger partial charge in [-0.2, -0.15) is 0 Å². The molecule has 0 bridgehead atoms. The molecule has 2 heterocycles. The molecule has 3 rings (SSSR count). The van der Waals surface area contributed by atoms with E-state index in [1.54, 1.807) is 48.1 Å². The lowest BCUT2D eigenvalue weighted by molar-refractivity contribution is -0.151. The summed E-state index contributed by atoms with van der Waals surface area (Å²) in [5.74, 6) is 0.235. The molecule has 23 heavy (non-hydrogen) atoms. The molecule has 1 N–H and O–H groups in total. The molecule has 2 aliphatic rings. The maximum Gasteiger partial charge on any atom is 0.254 e. The zero-order valence-corrected chi connectivity index (χ0v) is 13.1. The molecule has 3 amide bonds. The molecule has 2 saturated heterocycles. The number of benzene rings is 1. The van der Waals surface area contributed by atoms with E-state index in [9.17, 15) is 14.4 Å². The van der Waals surface area contributed by atoms with Crippen molar-refractivity contribution in [2.45, 2.75) is 19.0 Å². The minimum atomic E-state index is -0.602. The van der Waals surface area contributed by atoms with Crippen LogP contribution in [0.2, 0.25) is 0 Å². The number of carbonyl (C=O) groups is 3. The molecule has 0 aliphatic carbocycles. The first kappa shape index (κ1) is 15.3. The highest BCUT2D eigenvalue weighted by atomic mass is 16.5. The molecule has 2 atom stereocenters. The molecule has 7 heteroatoms. The van der Waals surface area contributed by atoms with Crippen LogP contribution in [0.4, 0.5) is 0 Å². The van der Waals surface area contributed by atoms with Crippen LogP contribution in [0.1, 0.15) is 17.3 Å². The van der Waals surface area contributed by atoms with Gasteiger partial charge in [0.2, 0.25) is 11.8 Å². The van der Waals surface area contributed by atoms with Crippen molar-refractivity contribution in [3.05, 3.63) is 29.8 Å². The van der Waals surface area contributed by atoms with Crippen LogP contribution in [-0.2, 0) is 9.59 Å². The lowest BCUT2D eigenvalue weighted by Crippen LogP contribution is -2.69. The SMILES string of the molecule is COc1ccc(C(=O)N2CCN3C(=O)[C@@H](C)NC(=O)[C@H]3C2)cc1. The largest absolute Gasteiger partial charge is 0.497 e. The van der Waals surface area contributed by atoms with E-state index in [-0.39, 0.29) is 24.3 Å². The number of nitrogens with one attached hydrogen (secondary N) is 1. The van der Waals surface area contributed by atoms with Gasteiger partial charge in [-0.05, 0) is 31.2 Å². The summed E-state index contributed by atoms with van der Waals surface area (Å²) in [6.45, 7) is 2.69. The number of hydrogen-bond acceptors (Lipinski definition) is 4. The third kappa shape index (κ3) is 2.74. The Bertz CT molecular complexity index is 643. The van der Waals surface area contributed by atoms with E-state index < -0.39 is 12.1 Å². The Morgan fingerprint density at radius 3 is 2.57 bits per heavy atom. The number of hydrogen-bond donors (Lipinski definition) is 1. The van der Waals surface area contributed by atoms with E-state index in [4.69, 9.17) is 4.74 Å². The van der Waals surface area contributed by atoms with Crippen LogP contribution in [0.3, 0.4) is 0 Å². The number of piperazine rings is 2. The van der Waals surface area contributed by atoms with Crippen LogP contribution < -0.4 is 10.1 Å². The molecule has 0 radical (unpaired) electrons. The van der Waals surface area contributed by atoms with Crippen molar-refractivity contribution in [2.24, 2.45) is 0 Å². The quantitative estimate of drug-likeness (QED) is 0.824. The molecule has 0 aromatic heterocycles. The van der Waals surface area contributed by atoms with Gasteiger partial charge in [-0.25, -0.2) is 0 Å². The zero-order chi connectivity index (χ0) is 16.6. The highest BCUT2D eigenvalue weighted by Gasteiger charge is 2.42. The topological polar surface area (TPSA) is 79.0 Å². The third-order valence-electron chi connectivity index (χ3n) is 4.32. The van der Waals surface area contributed by atoms with Gasteiger partial charge in [-0.15, -0.1) is 0 Å². The molecule has 2 aliphatic heterocycles. The standard InChI is InChI=1S/C16H19N3O4/c1-10-15(21)19-8-7-18(9-13(19)14(20)17-10)16(22)11-3-5-12(23-2)6-4-11/h3-6,10,13H,7-9H2,1-2H3,(H,17,20)/t10-,13-/m1/s1. The van der Waals surface area contributed by atoms with Crippen LogP contribution in [0.15, 0.2) is 24.3 Å². The highest BCUT2D eigenvalue weighted by molar-refractivity contribution is 5.99. The second-order valence-electron chi connectivity index (χ2n) is 5.76. The first-order valence-corrected chi connectivity index (χ1v) is 7.55. The number of rotatable bonds is 2. The van der Waals surface area contributed by atoms with Crippen molar-refractivity contribution >= 4 is 17.7 Å². The molecule has 2 fully saturated rings. The summed E-state index contributed by atoms with van der Waals surface area (Å²) in [4.78, 5) is 40.0. The molecule has 0 unspecified atom stereocenters. The fraction of sp³-hybridized carbons (Fsp3) is 0.438. The van der Waals surface area contributed by atoms with Crippen LogP contribution in [-0.4, -0.2) is 66.3 Å². The first-order chi connectivity index (χ1) is 11.0. The van der Waals surface area contributed by atoms with Crippen LogP contribution in [0, 0.1) is 0 Å². The second kappa shape index (κ2) is 5.91. The van der Waals surface area contributed by atoms with Gasteiger partial charge in [0, 0.05) is 18.7 Å². The Kier molecular flexibility index (Phi) is 3.94. The molecule has 1 aromatic carbocycles. The average Bonchev–Trinajstić information content (AvgIpc) is 2.59. The van der Waals surface area contributed by atoms with E-state index in [0.717, 1.165) is 0 Å². The van der Waals surface area contributed by atoms with Gasteiger partial charge in [0.1, 0.15) is 17.8 Å². The Morgan fingerprint density at radius 2 is 1.91 bits per heavy atom. The van der Waals surface area contributed by atoms with Crippen molar-refractivity contribution in [2.75, 3.05) is 26.7 Å². The predicted molar refractivity (Wildman–Crippen MR) is 82.0 cm³/mol. The second-order valence-corrected chi connectivity index (χ2v) is 5.76. The number of nitrogens with zero attached hydrogens (tertiary/aromatic N) is 2. The number of fused-ring (bicyclic) bond motifs is 1. The monoisotopic (exact) mass is 317 g/mol. The maximum absolute atomic E-state index is 12.6. The van der Waals surface area contributed by atoms with E-state index >= 15 is 0 Å². The predicted octanol–water partition coefficient (Wildman–Crippen LogP) is -0.133. The first-order valence-electron chi connectivity index (χ1n) is 7.55. The van der Waals surface area contributed by atoms with Crippen LogP contribution in [0.25, 0.3) is 0 Å². The summed E-state index contributed by atoms with van der Waals surface area (Å²) in [6.07, 6.45) is 0. The van der Waals surface area contributed by atoms with Crippen molar-refractivity contribution < 1.29 is 19.1 Å². The Balaban J connectivity index is 1.74. The van der Waals surface area contributed by atoms with Crippen molar-refractivity contribution in [1.82, 2.24) is 15.1 Å². The summed E-state index contributed by atoms with van der Waals surface area (Å²) in [5, 5.41) is 2.66. The lowest BCUT2D eigenvalue weighted by atomic mass is 10.0. The van der Waals surface area contributed by atoms with E-state index in [1.807, 2.05) is 0 Å². The van der Waals surface area contributed by atoms with Crippen molar-refractivity contribution in [3.8, 4) is 5.75 Å². The Labute approximate surface area is 134 Å². The van der Waals surface area contributed by atoms with E-state index in [0.29, 0.717) is 24.4 Å². The lowest BCUT2D eigenvalue weighted by Gasteiger charge is -2.44. The number of methoxy groups -OCH3 is 1. The van der Waals surface area contributed by atoms with Gasteiger partial charge < -0.3 is 19.9 Å². The molecule has 122 valence electrons. The molecule has 0 saturated carbocycles. The third-order valence-corrected chi connectivity index (χ3v) is 4.32. The summed E-state index contributed by atoms with van der Waals surface area (Å²) < 4.78 is 5.08. The van der Waals surface area contributed by atoms with Gasteiger partial charge in [0.05, 0.1) is 13.7 Å². The van der Waals surface area contributed by atoms with Crippen LogP contribution >= 0.6 is 0 Å². The number of amides is 3. The fourth-order valence-electron chi connectivity index (χ4n) is 2.99. The average molecular weight is 317 g/mol. The smallest absolute Gasteiger partial charge is 0.254 e. The summed E-state index contributed by atoms with van der Waals surface area (Å²) in [6, 6.07) is 5.74. The van der Waals surface area contributed by atoms with Gasteiger partial charge in [0.25, 0.3) is 5.91 Å². The van der Waals surface area contributed by atoms with Crippen molar-refractivity contribution in [1.29, 1.82) is 0 Å². The van der Waals surface area contributed by atoms with Gasteiger partial charge in [0.15, 0.2) is 0 Å². The summed E-state index contributed by atoms with van der Waals surface area (Å²) >= 11 is 0. The number of carbonyl (C=O) groups excluding carboxylic acids is 3. The molecular weight excluding hydrogens is 298 g/mol.